The molecular formula is C13H17F2NO. The summed E-state index contributed by atoms with van der Waals surface area (Å²) < 4.78 is 26.3. The molecule has 0 unspecified atom stereocenters. The van der Waals surface area contributed by atoms with Crippen LogP contribution in [0.2, 0.25) is 0 Å². The van der Waals surface area contributed by atoms with E-state index in [0.717, 1.165) is 37.7 Å². The Morgan fingerprint density at radius 1 is 1.29 bits per heavy atom. The van der Waals surface area contributed by atoms with Crippen LogP contribution in [-0.4, -0.2) is 30.3 Å². The first kappa shape index (κ1) is 13.8. The molecule has 0 saturated carbocycles. The zero-order chi connectivity index (χ0) is 12.8. The number of hydrogen-bond donors (Lipinski definition) is 0. The standard InChI is InChI=1S/C13H17F2NO/c1-3-7-16(4-2)9-13(17)11-8-10(14)5-6-12(11)15/h5-6,8H,3-4,7,9H2,1-2H3. The van der Waals surface area contributed by atoms with Crippen LogP contribution in [-0.2, 0) is 0 Å². The molecule has 2 nitrogen and oxygen atoms in total. The summed E-state index contributed by atoms with van der Waals surface area (Å²) >= 11 is 0. The van der Waals surface area contributed by atoms with Crippen LogP contribution in [0.15, 0.2) is 18.2 Å². The van der Waals surface area contributed by atoms with Crippen molar-refractivity contribution in [2.45, 2.75) is 20.3 Å². The average Bonchev–Trinajstić information content (AvgIpc) is 2.31. The van der Waals surface area contributed by atoms with Gasteiger partial charge in [0.05, 0.1) is 12.1 Å². The Bertz CT molecular complexity index is 393. The van der Waals surface area contributed by atoms with Gasteiger partial charge in [0, 0.05) is 0 Å². The molecule has 0 heterocycles. The van der Waals surface area contributed by atoms with E-state index in [9.17, 15) is 13.6 Å². The van der Waals surface area contributed by atoms with Gasteiger partial charge in [-0.3, -0.25) is 9.69 Å². The van der Waals surface area contributed by atoms with E-state index >= 15 is 0 Å². The van der Waals surface area contributed by atoms with Crippen molar-refractivity contribution >= 4 is 5.78 Å². The number of carbonyl (C=O) groups excluding carboxylic acids is 1. The van der Waals surface area contributed by atoms with Gasteiger partial charge >= 0.3 is 0 Å². The first-order valence-electron chi connectivity index (χ1n) is 5.79. The highest BCUT2D eigenvalue weighted by Gasteiger charge is 2.15. The lowest BCUT2D eigenvalue weighted by Gasteiger charge is -2.18. The van der Waals surface area contributed by atoms with Gasteiger partial charge in [-0.2, -0.15) is 0 Å². The molecule has 0 fully saturated rings. The molecule has 0 aliphatic heterocycles. The van der Waals surface area contributed by atoms with Gasteiger partial charge in [0.15, 0.2) is 5.78 Å². The lowest BCUT2D eigenvalue weighted by molar-refractivity contribution is 0.0929. The number of likely N-dealkylation sites (N-methyl/N-ethyl adjacent to an activating group) is 1. The van der Waals surface area contributed by atoms with Crippen LogP contribution in [0.25, 0.3) is 0 Å². The van der Waals surface area contributed by atoms with Crippen LogP contribution >= 0.6 is 0 Å². The van der Waals surface area contributed by atoms with Crippen LogP contribution in [0.3, 0.4) is 0 Å². The summed E-state index contributed by atoms with van der Waals surface area (Å²) in [6, 6.07) is 2.95. The molecule has 0 spiro atoms. The fraction of sp³-hybridized carbons (Fsp3) is 0.462. The Labute approximate surface area is 100 Å². The van der Waals surface area contributed by atoms with Crippen molar-refractivity contribution in [3.05, 3.63) is 35.4 Å². The van der Waals surface area contributed by atoms with Gasteiger partial charge in [-0.05, 0) is 37.7 Å². The topological polar surface area (TPSA) is 20.3 Å². The second-order valence-electron chi connectivity index (χ2n) is 3.92. The first-order valence-corrected chi connectivity index (χ1v) is 5.79. The molecule has 0 saturated heterocycles. The fourth-order valence-electron chi connectivity index (χ4n) is 1.66. The van der Waals surface area contributed by atoms with Gasteiger partial charge < -0.3 is 0 Å². The summed E-state index contributed by atoms with van der Waals surface area (Å²) in [5, 5.41) is 0. The Hall–Kier alpha value is -1.29. The predicted molar refractivity (Wildman–Crippen MR) is 63.1 cm³/mol. The second kappa shape index (κ2) is 6.45. The van der Waals surface area contributed by atoms with Gasteiger partial charge in [0.2, 0.25) is 0 Å². The van der Waals surface area contributed by atoms with Crippen molar-refractivity contribution in [2.75, 3.05) is 19.6 Å². The number of benzene rings is 1. The molecule has 0 aromatic heterocycles. The zero-order valence-corrected chi connectivity index (χ0v) is 10.2. The Morgan fingerprint density at radius 2 is 2.00 bits per heavy atom. The minimum Gasteiger partial charge on any atom is -0.296 e. The second-order valence-corrected chi connectivity index (χ2v) is 3.92. The van der Waals surface area contributed by atoms with E-state index in [4.69, 9.17) is 0 Å². The summed E-state index contributed by atoms with van der Waals surface area (Å²) in [4.78, 5) is 13.7. The van der Waals surface area contributed by atoms with E-state index in [-0.39, 0.29) is 17.9 Å². The van der Waals surface area contributed by atoms with Crippen molar-refractivity contribution in [1.29, 1.82) is 0 Å². The molecule has 0 aliphatic rings. The van der Waals surface area contributed by atoms with Crippen molar-refractivity contribution < 1.29 is 13.6 Å². The number of halogens is 2. The molecule has 4 heteroatoms. The number of Topliss-reactive ketones (excluding diaryl/α,β-unsaturated/α-hetero) is 1. The van der Waals surface area contributed by atoms with E-state index in [1.54, 1.807) is 0 Å². The third-order valence-corrected chi connectivity index (χ3v) is 2.58. The Balaban J connectivity index is 2.78. The van der Waals surface area contributed by atoms with E-state index < -0.39 is 11.6 Å². The van der Waals surface area contributed by atoms with Gasteiger partial charge in [-0.1, -0.05) is 13.8 Å². The van der Waals surface area contributed by atoms with Crippen LogP contribution in [0.1, 0.15) is 30.6 Å². The largest absolute Gasteiger partial charge is 0.296 e. The number of ketones is 1. The average molecular weight is 241 g/mol. The number of nitrogens with zero attached hydrogens (tertiary/aromatic N) is 1. The smallest absolute Gasteiger partial charge is 0.179 e. The molecule has 0 radical (unpaired) electrons. The van der Waals surface area contributed by atoms with Crippen LogP contribution in [0, 0.1) is 11.6 Å². The lowest BCUT2D eigenvalue weighted by atomic mass is 10.1. The predicted octanol–water partition coefficient (Wildman–Crippen LogP) is 2.88. The lowest BCUT2D eigenvalue weighted by Crippen LogP contribution is -2.30. The normalized spacial score (nSPS) is 10.9. The van der Waals surface area contributed by atoms with Gasteiger partial charge in [-0.15, -0.1) is 0 Å². The third-order valence-electron chi connectivity index (χ3n) is 2.58. The van der Waals surface area contributed by atoms with E-state index in [1.807, 2.05) is 18.7 Å². The molecule has 0 amide bonds. The summed E-state index contributed by atoms with van der Waals surface area (Å²) in [6.45, 7) is 5.57. The summed E-state index contributed by atoms with van der Waals surface area (Å²) in [7, 11) is 0. The van der Waals surface area contributed by atoms with Crippen molar-refractivity contribution in [1.82, 2.24) is 4.90 Å². The van der Waals surface area contributed by atoms with E-state index in [0.29, 0.717) is 0 Å². The highest BCUT2D eigenvalue weighted by Crippen LogP contribution is 2.11. The molecule has 1 aromatic carbocycles. The molecule has 94 valence electrons. The van der Waals surface area contributed by atoms with Crippen LogP contribution in [0.4, 0.5) is 8.78 Å². The van der Waals surface area contributed by atoms with Crippen molar-refractivity contribution in [2.24, 2.45) is 0 Å². The van der Waals surface area contributed by atoms with E-state index in [1.165, 1.54) is 0 Å². The SMILES string of the molecule is CCCN(CC)CC(=O)c1cc(F)ccc1F. The van der Waals surface area contributed by atoms with E-state index in [2.05, 4.69) is 0 Å². The molecular weight excluding hydrogens is 224 g/mol. The maximum atomic E-state index is 13.4. The monoisotopic (exact) mass is 241 g/mol. The third kappa shape index (κ3) is 3.89. The molecule has 17 heavy (non-hydrogen) atoms. The minimum atomic E-state index is -0.663. The molecule has 0 N–H and O–H groups in total. The summed E-state index contributed by atoms with van der Waals surface area (Å²) in [5.74, 6) is -1.63. The fourth-order valence-corrected chi connectivity index (χ4v) is 1.66. The number of hydrogen-bond acceptors (Lipinski definition) is 2. The molecule has 1 rings (SSSR count). The highest BCUT2D eigenvalue weighted by molar-refractivity contribution is 5.97. The maximum absolute atomic E-state index is 13.4. The van der Waals surface area contributed by atoms with Crippen molar-refractivity contribution in [3.8, 4) is 0 Å². The van der Waals surface area contributed by atoms with Gasteiger partial charge in [0.1, 0.15) is 11.6 Å². The van der Waals surface area contributed by atoms with Crippen LogP contribution in [0.5, 0.6) is 0 Å². The molecule has 1 aromatic rings. The molecule has 0 aliphatic carbocycles. The molecule has 0 atom stereocenters. The molecule has 0 bridgehead atoms. The minimum absolute atomic E-state index is 0.130. The summed E-state index contributed by atoms with van der Waals surface area (Å²) in [6.07, 6.45) is 0.923. The summed E-state index contributed by atoms with van der Waals surface area (Å²) in [5.41, 5.74) is -0.167. The number of rotatable bonds is 6. The van der Waals surface area contributed by atoms with Gasteiger partial charge in [-0.25, -0.2) is 8.78 Å². The first-order chi connectivity index (χ1) is 8.08. The Morgan fingerprint density at radius 3 is 2.59 bits per heavy atom. The maximum Gasteiger partial charge on any atom is 0.179 e. The highest BCUT2D eigenvalue weighted by atomic mass is 19.1. The number of carbonyl (C=O) groups is 1. The van der Waals surface area contributed by atoms with Crippen molar-refractivity contribution in [3.63, 3.8) is 0 Å². The zero-order valence-electron chi connectivity index (χ0n) is 10.2. The Kier molecular flexibility index (Phi) is 5.22. The van der Waals surface area contributed by atoms with Crippen LogP contribution < -0.4 is 0 Å². The quantitative estimate of drug-likeness (QED) is 0.714. The van der Waals surface area contributed by atoms with Gasteiger partial charge in [0.25, 0.3) is 0 Å².